The number of ketones is 1. The van der Waals surface area contributed by atoms with Crippen LogP contribution in [-0.2, 0) is 4.79 Å². The van der Waals surface area contributed by atoms with E-state index in [4.69, 9.17) is 4.42 Å². The zero-order valence-corrected chi connectivity index (χ0v) is 16.6. The highest BCUT2D eigenvalue weighted by atomic mass is 32.2. The molecule has 1 aromatic heterocycles. The summed E-state index contributed by atoms with van der Waals surface area (Å²) in [6, 6.07) is 0. The van der Waals surface area contributed by atoms with Crippen molar-refractivity contribution in [1.29, 1.82) is 0 Å². The van der Waals surface area contributed by atoms with Gasteiger partial charge < -0.3 is 4.42 Å². The number of Topliss-reactive ketones (excluding diaryl/α,β-unsaturated/α-hetero) is 1. The van der Waals surface area contributed by atoms with Crippen LogP contribution in [-0.4, -0.2) is 21.2 Å². The first-order valence-corrected chi connectivity index (χ1v) is 11.5. The van der Waals surface area contributed by atoms with Crippen molar-refractivity contribution >= 4 is 17.5 Å². The van der Waals surface area contributed by atoms with Crippen LogP contribution >= 0.6 is 11.8 Å². The van der Waals surface area contributed by atoms with Gasteiger partial charge in [0, 0.05) is 11.3 Å². The lowest BCUT2D eigenvalue weighted by Crippen LogP contribution is -2.51. The molecule has 5 fully saturated rings. The number of rotatable bonds is 5. The van der Waals surface area contributed by atoms with Gasteiger partial charge in [-0.05, 0) is 76.0 Å². The van der Waals surface area contributed by atoms with Crippen LogP contribution in [0.5, 0.6) is 0 Å². The molecular formula is C21H30N2O2S. The predicted octanol–water partition coefficient (Wildman–Crippen LogP) is 5.38. The van der Waals surface area contributed by atoms with Gasteiger partial charge in [-0.25, -0.2) is 0 Å². The van der Waals surface area contributed by atoms with Gasteiger partial charge in [0.1, 0.15) is 0 Å². The Bertz CT molecular complexity index is 644. The van der Waals surface area contributed by atoms with Crippen molar-refractivity contribution in [3.8, 4) is 0 Å². The Labute approximate surface area is 160 Å². The molecule has 5 heteroatoms. The molecule has 0 saturated heterocycles. The molecule has 0 aliphatic heterocycles. The fraction of sp³-hybridized carbons (Fsp3) is 0.857. The third-order valence-electron chi connectivity index (χ3n) is 7.58. The second-order valence-corrected chi connectivity index (χ2v) is 10.9. The smallest absolute Gasteiger partial charge is 0.277 e. The maximum Gasteiger partial charge on any atom is 0.277 e. The molecule has 1 aromatic rings. The molecule has 26 heavy (non-hydrogen) atoms. The lowest BCUT2D eigenvalue weighted by atomic mass is 9.48. The molecule has 1 unspecified atom stereocenters. The van der Waals surface area contributed by atoms with Crippen LogP contribution in [0, 0.1) is 23.2 Å². The largest absolute Gasteiger partial charge is 0.416 e. The molecule has 0 spiro atoms. The van der Waals surface area contributed by atoms with E-state index < -0.39 is 0 Å². The number of carbonyl (C=O) groups is 1. The van der Waals surface area contributed by atoms with Crippen molar-refractivity contribution in [3.63, 3.8) is 0 Å². The van der Waals surface area contributed by atoms with Crippen molar-refractivity contribution in [2.24, 2.45) is 23.2 Å². The second-order valence-electron chi connectivity index (χ2n) is 9.56. The van der Waals surface area contributed by atoms with Crippen molar-refractivity contribution in [3.05, 3.63) is 5.89 Å². The Kier molecular flexibility index (Phi) is 4.41. The van der Waals surface area contributed by atoms with Gasteiger partial charge in [-0.1, -0.05) is 31.0 Å². The van der Waals surface area contributed by atoms with Crippen molar-refractivity contribution in [2.75, 3.05) is 0 Å². The van der Waals surface area contributed by atoms with Gasteiger partial charge in [0.05, 0.1) is 5.25 Å². The van der Waals surface area contributed by atoms with Crippen LogP contribution in [0.3, 0.4) is 0 Å². The highest BCUT2D eigenvalue weighted by Crippen LogP contribution is 2.61. The minimum absolute atomic E-state index is 0.0343. The predicted molar refractivity (Wildman–Crippen MR) is 101 cm³/mol. The van der Waals surface area contributed by atoms with Gasteiger partial charge in [0.15, 0.2) is 5.78 Å². The average Bonchev–Trinajstić information content (AvgIpc) is 3.09. The fourth-order valence-electron chi connectivity index (χ4n) is 6.83. The van der Waals surface area contributed by atoms with Gasteiger partial charge in [0.25, 0.3) is 5.22 Å². The lowest BCUT2D eigenvalue weighted by molar-refractivity contribution is -0.143. The maximum atomic E-state index is 13.4. The number of carbonyl (C=O) groups excluding carboxylic acids is 1. The standard InChI is InChI=1S/C21H30N2O2S/c1-13(26-20-23-22-19(25-20)17-5-3-2-4-6-17)18(24)21-10-14-7-15(11-21)9-16(8-14)12-21/h13-17H,2-12H2,1H3. The minimum atomic E-state index is -0.0779. The zero-order valence-electron chi connectivity index (χ0n) is 15.8. The molecule has 0 N–H and O–H groups in total. The van der Waals surface area contributed by atoms with Crippen molar-refractivity contribution in [2.45, 2.75) is 93.9 Å². The summed E-state index contributed by atoms with van der Waals surface area (Å²) >= 11 is 1.50. The molecule has 4 bridgehead atoms. The van der Waals surface area contributed by atoms with Gasteiger partial charge in [-0.3, -0.25) is 4.79 Å². The molecular weight excluding hydrogens is 344 g/mol. The molecule has 5 saturated carbocycles. The Morgan fingerprint density at radius 2 is 1.65 bits per heavy atom. The zero-order chi connectivity index (χ0) is 17.7. The summed E-state index contributed by atoms with van der Waals surface area (Å²) in [5.74, 6) is 4.11. The quantitative estimate of drug-likeness (QED) is 0.647. The number of thioether (sulfide) groups is 1. The lowest BCUT2D eigenvalue weighted by Gasteiger charge is -2.56. The Balaban J connectivity index is 1.26. The van der Waals surface area contributed by atoms with Crippen molar-refractivity contribution in [1.82, 2.24) is 10.2 Å². The van der Waals surface area contributed by atoms with E-state index in [1.54, 1.807) is 0 Å². The molecule has 0 amide bonds. The number of nitrogens with zero attached hydrogens (tertiary/aromatic N) is 2. The average molecular weight is 375 g/mol. The first-order chi connectivity index (χ1) is 12.6. The second kappa shape index (κ2) is 6.65. The molecule has 4 nitrogen and oxygen atoms in total. The number of aromatic nitrogens is 2. The summed E-state index contributed by atoms with van der Waals surface area (Å²) < 4.78 is 5.95. The first kappa shape index (κ1) is 17.3. The van der Waals surface area contributed by atoms with Crippen molar-refractivity contribution < 1.29 is 9.21 Å². The van der Waals surface area contributed by atoms with E-state index in [1.165, 1.54) is 50.3 Å². The molecule has 0 radical (unpaired) electrons. The summed E-state index contributed by atoms with van der Waals surface area (Å²) in [7, 11) is 0. The summed E-state index contributed by atoms with van der Waals surface area (Å²) in [4.78, 5) is 13.4. The van der Waals surface area contributed by atoms with E-state index in [2.05, 4.69) is 17.1 Å². The number of hydrogen-bond donors (Lipinski definition) is 0. The third-order valence-corrected chi connectivity index (χ3v) is 8.52. The van der Waals surface area contributed by atoms with Gasteiger partial charge >= 0.3 is 0 Å². The monoisotopic (exact) mass is 374 g/mol. The third kappa shape index (κ3) is 3.04. The molecule has 5 aliphatic rings. The topological polar surface area (TPSA) is 56.0 Å². The van der Waals surface area contributed by atoms with E-state index >= 15 is 0 Å². The molecule has 0 aromatic carbocycles. The Morgan fingerprint density at radius 3 is 2.27 bits per heavy atom. The minimum Gasteiger partial charge on any atom is -0.416 e. The number of hydrogen-bond acceptors (Lipinski definition) is 5. The molecule has 1 heterocycles. The Morgan fingerprint density at radius 1 is 1.04 bits per heavy atom. The summed E-state index contributed by atoms with van der Waals surface area (Å²) in [5, 5.41) is 9.07. The van der Waals surface area contributed by atoms with E-state index in [1.807, 2.05) is 0 Å². The van der Waals surface area contributed by atoms with Gasteiger partial charge in [-0.2, -0.15) is 0 Å². The molecule has 1 atom stereocenters. The van der Waals surface area contributed by atoms with Crippen LogP contribution in [0.1, 0.15) is 89.4 Å². The van der Waals surface area contributed by atoms with Crippen LogP contribution < -0.4 is 0 Å². The molecule has 6 rings (SSSR count). The van der Waals surface area contributed by atoms with Gasteiger partial charge in [0.2, 0.25) is 5.89 Å². The van der Waals surface area contributed by atoms with Crippen LogP contribution in [0.15, 0.2) is 9.64 Å². The summed E-state index contributed by atoms with van der Waals surface area (Å²) in [5.41, 5.74) is -0.0343. The summed E-state index contributed by atoms with van der Waals surface area (Å²) in [6.45, 7) is 2.05. The highest BCUT2D eigenvalue weighted by Gasteiger charge is 2.55. The Hall–Kier alpha value is -0.840. The first-order valence-electron chi connectivity index (χ1n) is 10.7. The molecule has 142 valence electrons. The molecule has 5 aliphatic carbocycles. The van der Waals surface area contributed by atoms with E-state index in [0.717, 1.165) is 55.7 Å². The van der Waals surface area contributed by atoms with Gasteiger partial charge in [-0.15, -0.1) is 10.2 Å². The van der Waals surface area contributed by atoms with E-state index in [-0.39, 0.29) is 10.7 Å². The maximum absolute atomic E-state index is 13.4. The van der Waals surface area contributed by atoms with E-state index in [0.29, 0.717) is 16.9 Å². The van der Waals surface area contributed by atoms with Crippen LogP contribution in [0.2, 0.25) is 0 Å². The normalized spacial score (nSPS) is 37.8. The van der Waals surface area contributed by atoms with Crippen LogP contribution in [0.25, 0.3) is 0 Å². The summed E-state index contributed by atoms with van der Waals surface area (Å²) in [6.07, 6.45) is 13.7. The SMILES string of the molecule is CC(Sc1nnc(C2CCCCC2)o1)C(=O)C12CC3CC(CC(C3)C1)C2. The van der Waals surface area contributed by atoms with Crippen LogP contribution in [0.4, 0.5) is 0 Å². The fourth-order valence-corrected chi connectivity index (χ4v) is 7.71. The van der Waals surface area contributed by atoms with E-state index in [9.17, 15) is 4.79 Å². The highest BCUT2D eigenvalue weighted by molar-refractivity contribution is 8.00.